The second kappa shape index (κ2) is 8.81. The first-order valence-corrected chi connectivity index (χ1v) is 9.05. The first-order valence-electron chi connectivity index (χ1n) is 9.05. The molecule has 1 unspecified atom stereocenters. The second-order valence-electron chi connectivity index (χ2n) is 6.61. The minimum absolute atomic E-state index is 0.0595. The first kappa shape index (κ1) is 18.4. The van der Waals surface area contributed by atoms with E-state index in [0.29, 0.717) is 6.54 Å². The van der Waals surface area contributed by atoms with Gasteiger partial charge in [0.2, 0.25) is 5.91 Å². The lowest BCUT2D eigenvalue weighted by atomic mass is 10.0. The van der Waals surface area contributed by atoms with E-state index in [0.717, 1.165) is 30.0 Å². The zero-order valence-electron chi connectivity index (χ0n) is 15.1. The van der Waals surface area contributed by atoms with Gasteiger partial charge in [0, 0.05) is 12.1 Å². The van der Waals surface area contributed by atoms with Crippen LogP contribution in [0.5, 0.6) is 5.75 Å². The number of para-hydroxylation sites is 1. The average molecular weight is 356 g/mol. The normalized spacial score (nSPS) is 15.6. The number of carbonyl (C=O) groups excluding carboxylic acids is 1. The minimum atomic E-state index is -0.292. The highest BCUT2D eigenvalue weighted by molar-refractivity contribution is 5.78. The van der Waals surface area contributed by atoms with Crippen LogP contribution < -0.4 is 10.1 Å². The van der Waals surface area contributed by atoms with Gasteiger partial charge in [0.05, 0.1) is 19.6 Å². The molecule has 1 aliphatic heterocycles. The van der Waals surface area contributed by atoms with E-state index in [1.54, 1.807) is 19.2 Å². The van der Waals surface area contributed by atoms with Crippen molar-refractivity contribution in [3.63, 3.8) is 0 Å². The van der Waals surface area contributed by atoms with Crippen molar-refractivity contribution in [3.8, 4) is 5.75 Å². The fourth-order valence-corrected chi connectivity index (χ4v) is 3.49. The third-order valence-electron chi connectivity index (χ3n) is 4.85. The van der Waals surface area contributed by atoms with Crippen LogP contribution in [0.25, 0.3) is 0 Å². The van der Waals surface area contributed by atoms with E-state index < -0.39 is 0 Å². The zero-order valence-corrected chi connectivity index (χ0v) is 15.1. The Bertz CT molecular complexity index is 727. The van der Waals surface area contributed by atoms with Crippen LogP contribution >= 0.6 is 0 Å². The molecule has 1 heterocycles. The van der Waals surface area contributed by atoms with Crippen molar-refractivity contribution in [2.75, 3.05) is 26.7 Å². The summed E-state index contributed by atoms with van der Waals surface area (Å²) in [5.41, 5.74) is 1.90. The van der Waals surface area contributed by atoms with Crippen LogP contribution in [0.4, 0.5) is 4.39 Å². The third-order valence-corrected chi connectivity index (χ3v) is 4.85. The topological polar surface area (TPSA) is 41.6 Å². The van der Waals surface area contributed by atoms with Gasteiger partial charge in [-0.1, -0.05) is 30.3 Å². The molecule has 1 saturated heterocycles. The van der Waals surface area contributed by atoms with Crippen molar-refractivity contribution in [2.45, 2.75) is 25.3 Å². The fourth-order valence-electron chi connectivity index (χ4n) is 3.49. The van der Waals surface area contributed by atoms with Gasteiger partial charge < -0.3 is 10.1 Å². The van der Waals surface area contributed by atoms with Gasteiger partial charge in [-0.15, -0.1) is 0 Å². The first-order chi connectivity index (χ1) is 12.7. The Morgan fingerprint density at radius 3 is 2.54 bits per heavy atom. The van der Waals surface area contributed by atoms with Crippen molar-refractivity contribution in [3.05, 3.63) is 65.5 Å². The third kappa shape index (κ3) is 4.61. The Morgan fingerprint density at radius 2 is 1.85 bits per heavy atom. The zero-order chi connectivity index (χ0) is 18.4. The molecule has 0 radical (unpaired) electrons. The molecule has 1 N–H and O–H groups in total. The van der Waals surface area contributed by atoms with E-state index in [1.807, 2.05) is 18.2 Å². The molecule has 3 rings (SSSR count). The van der Waals surface area contributed by atoms with Gasteiger partial charge in [-0.05, 0) is 49.7 Å². The van der Waals surface area contributed by atoms with Crippen LogP contribution in [0.3, 0.4) is 0 Å². The molecule has 0 bridgehead atoms. The summed E-state index contributed by atoms with van der Waals surface area (Å²) in [6, 6.07) is 14.1. The summed E-state index contributed by atoms with van der Waals surface area (Å²) in [5, 5.41) is 3.04. The van der Waals surface area contributed by atoms with Crippen LogP contribution in [-0.4, -0.2) is 37.6 Å². The Balaban J connectivity index is 1.67. The lowest BCUT2D eigenvalue weighted by molar-refractivity contribution is -0.120. The van der Waals surface area contributed by atoms with Gasteiger partial charge in [-0.25, -0.2) is 4.39 Å². The molecule has 5 heteroatoms. The molecule has 1 fully saturated rings. The van der Waals surface area contributed by atoms with E-state index in [1.165, 1.54) is 25.0 Å². The van der Waals surface area contributed by atoms with Gasteiger partial charge in [0.1, 0.15) is 11.6 Å². The van der Waals surface area contributed by atoms with Crippen LogP contribution in [0.2, 0.25) is 0 Å². The lowest BCUT2D eigenvalue weighted by Gasteiger charge is -2.29. The fraction of sp³-hybridized carbons (Fsp3) is 0.381. The number of nitrogens with zero attached hydrogens (tertiary/aromatic N) is 1. The molecule has 26 heavy (non-hydrogen) atoms. The predicted molar refractivity (Wildman–Crippen MR) is 99.7 cm³/mol. The molecule has 0 saturated carbocycles. The highest BCUT2D eigenvalue weighted by Gasteiger charge is 2.26. The summed E-state index contributed by atoms with van der Waals surface area (Å²) in [6.07, 6.45) is 2.60. The molecule has 0 aromatic heterocycles. The predicted octanol–water partition coefficient (Wildman–Crippen LogP) is 3.33. The van der Waals surface area contributed by atoms with E-state index in [-0.39, 0.29) is 24.2 Å². The van der Waals surface area contributed by atoms with E-state index >= 15 is 0 Å². The van der Waals surface area contributed by atoms with Crippen LogP contribution in [0.1, 0.15) is 30.0 Å². The number of amides is 1. The molecule has 0 spiro atoms. The number of carbonyl (C=O) groups is 1. The van der Waals surface area contributed by atoms with Gasteiger partial charge in [0.25, 0.3) is 0 Å². The largest absolute Gasteiger partial charge is 0.496 e. The molecule has 4 nitrogen and oxygen atoms in total. The molecule has 0 aliphatic carbocycles. The number of hydrogen-bond acceptors (Lipinski definition) is 3. The van der Waals surface area contributed by atoms with Gasteiger partial charge in [-0.2, -0.15) is 0 Å². The quantitative estimate of drug-likeness (QED) is 0.827. The molecule has 1 atom stereocenters. The highest BCUT2D eigenvalue weighted by atomic mass is 19.1. The maximum atomic E-state index is 13.0. The van der Waals surface area contributed by atoms with E-state index in [4.69, 9.17) is 4.74 Å². The maximum absolute atomic E-state index is 13.0. The Hall–Kier alpha value is -2.40. The number of methoxy groups -OCH3 is 1. The molecular formula is C21H25FN2O2. The molecule has 138 valence electrons. The highest BCUT2D eigenvalue weighted by Crippen LogP contribution is 2.31. The Morgan fingerprint density at radius 1 is 1.15 bits per heavy atom. The Labute approximate surface area is 154 Å². The monoisotopic (exact) mass is 356 g/mol. The number of hydrogen-bond donors (Lipinski definition) is 1. The standard InChI is InChI=1S/C21H25FN2O2/c1-26-20-7-3-2-6-18(20)19(24-12-4-5-13-24)15-23-21(25)14-16-8-10-17(22)11-9-16/h2-3,6-11,19H,4-5,12-15H2,1H3,(H,23,25). The maximum Gasteiger partial charge on any atom is 0.224 e. The van der Waals surface area contributed by atoms with Gasteiger partial charge in [0.15, 0.2) is 0 Å². The summed E-state index contributed by atoms with van der Waals surface area (Å²) in [4.78, 5) is 14.7. The summed E-state index contributed by atoms with van der Waals surface area (Å²) in [7, 11) is 1.67. The Kier molecular flexibility index (Phi) is 6.23. The summed E-state index contributed by atoms with van der Waals surface area (Å²) < 4.78 is 18.5. The SMILES string of the molecule is COc1ccccc1C(CNC(=O)Cc1ccc(F)cc1)N1CCCC1. The van der Waals surface area contributed by atoms with Gasteiger partial charge in [-0.3, -0.25) is 9.69 Å². The average Bonchev–Trinajstić information content (AvgIpc) is 3.18. The number of halogens is 1. The van der Waals surface area contributed by atoms with Crippen molar-refractivity contribution in [1.82, 2.24) is 10.2 Å². The number of benzene rings is 2. The van der Waals surface area contributed by atoms with Crippen LogP contribution in [0, 0.1) is 5.82 Å². The molecular weight excluding hydrogens is 331 g/mol. The minimum Gasteiger partial charge on any atom is -0.496 e. The number of likely N-dealkylation sites (tertiary alicyclic amines) is 1. The van der Waals surface area contributed by atoms with Crippen molar-refractivity contribution in [1.29, 1.82) is 0 Å². The van der Waals surface area contributed by atoms with Crippen molar-refractivity contribution >= 4 is 5.91 Å². The number of rotatable bonds is 7. The molecule has 2 aromatic carbocycles. The summed E-state index contributed by atoms with van der Waals surface area (Å²) in [6.45, 7) is 2.58. The molecule has 1 amide bonds. The second-order valence-corrected chi connectivity index (χ2v) is 6.61. The number of ether oxygens (including phenoxy) is 1. The summed E-state index contributed by atoms with van der Waals surface area (Å²) >= 11 is 0. The van der Waals surface area contributed by atoms with Gasteiger partial charge >= 0.3 is 0 Å². The van der Waals surface area contributed by atoms with E-state index in [2.05, 4.69) is 16.3 Å². The van der Waals surface area contributed by atoms with Crippen LogP contribution in [0.15, 0.2) is 48.5 Å². The van der Waals surface area contributed by atoms with Crippen LogP contribution in [-0.2, 0) is 11.2 Å². The van der Waals surface area contributed by atoms with Crippen molar-refractivity contribution in [2.24, 2.45) is 0 Å². The molecule has 2 aromatic rings. The number of nitrogens with one attached hydrogen (secondary N) is 1. The molecule has 1 aliphatic rings. The van der Waals surface area contributed by atoms with E-state index in [9.17, 15) is 9.18 Å². The smallest absolute Gasteiger partial charge is 0.224 e. The summed E-state index contributed by atoms with van der Waals surface area (Å²) in [5.74, 6) is 0.493. The van der Waals surface area contributed by atoms with Crippen molar-refractivity contribution < 1.29 is 13.9 Å². The lowest BCUT2D eigenvalue weighted by Crippen LogP contribution is -2.37.